The van der Waals surface area contributed by atoms with Crippen LogP contribution in [0.5, 0.6) is 11.5 Å². The summed E-state index contributed by atoms with van der Waals surface area (Å²) in [6.45, 7) is 0.398. The molecule has 2 aromatic carbocycles. The highest BCUT2D eigenvalue weighted by Gasteiger charge is 2.20. The summed E-state index contributed by atoms with van der Waals surface area (Å²) in [5.41, 5.74) is 6.91. The Morgan fingerprint density at radius 1 is 1.07 bits per heavy atom. The van der Waals surface area contributed by atoms with Gasteiger partial charge in [-0.1, -0.05) is 30.3 Å². The van der Waals surface area contributed by atoms with Crippen LogP contribution in [-0.4, -0.2) is 35.6 Å². The van der Waals surface area contributed by atoms with Crippen molar-refractivity contribution >= 4 is 17.6 Å². The molecule has 0 aliphatic rings. The number of anilines is 1. The van der Waals surface area contributed by atoms with E-state index in [1.54, 1.807) is 22.8 Å². The van der Waals surface area contributed by atoms with Gasteiger partial charge < -0.3 is 25.1 Å². The van der Waals surface area contributed by atoms with E-state index in [-0.39, 0.29) is 11.5 Å². The summed E-state index contributed by atoms with van der Waals surface area (Å²) in [6.07, 6.45) is 1.47. The lowest BCUT2D eigenvalue weighted by Crippen LogP contribution is -2.21. The van der Waals surface area contributed by atoms with Crippen molar-refractivity contribution < 1.29 is 19.1 Å². The first-order valence-corrected chi connectivity index (χ1v) is 8.45. The fraction of sp³-hybridized carbons (Fsp3) is 0.150. The summed E-state index contributed by atoms with van der Waals surface area (Å²) in [7, 11) is 2.99. The standard InChI is InChI=1S/C20H20N4O4/c1-27-15-8-14(9-16(10-15)28-2)20(26)23-19-17(18(21)25)24(12-22-19)11-13-6-4-3-5-7-13/h3-10,12H,11H2,1-2H3,(H2,21,25)(H,23,26). The van der Waals surface area contributed by atoms with E-state index in [1.165, 1.54) is 20.5 Å². The third-order valence-corrected chi connectivity index (χ3v) is 4.11. The first kappa shape index (κ1) is 19.0. The largest absolute Gasteiger partial charge is 0.497 e. The van der Waals surface area contributed by atoms with Gasteiger partial charge >= 0.3 is 0 Å². The van der Waals surface area contributed by atoms with E-state index >= 15 is 0 Å². The van der Waals surface area contributed by atoms with Gasteiger partial charge in [0.2, 0.25) is 0 Å². The van der Waals surface area contributed by atoms with Gasteiger partial charge in [-0.15, -0.1) is 0 Å². The Morgan fingerprint density at radius 2 is 1.71 bits per heavy atom. The van der Waals surface area contributed by atoms with Gasteiger partial charge in [0.1, 0.15) is 11.5 Å². The minimum Gasteiger partial charge on any atom is -0.497 e. The highest BCUT2D eigenvalue weighted by Crippen LogP contribution is 2.24. The highest BCUT2D eigenvalue weighted by molar-refractivity contribution is 6.07. The van der Waals surface area contributed by atoms with Crippen LogP contribution in [0.2, 0.25) is 0 Å². The van der Waals surface area contributed by atoms with Crippen molar-refractivity contribution in [1.29, 1.82) is 0 Å². The van der Waals surface area contributed by atoms with Crippen LogP contribution in [0.25, 0.3) is 0 Å². The number of imidazole rings is 1. The number of nitrogens with one attached hydrogen (secondary N) is 1. The first-order chi connectivity index (χ1) is 13.5. The lowest BCUT2D eigenvalue weighted by atomic mass is 10.2. The molecule has 0 saturated carbocycles. The van der Waals surface area contributed by atoms with Crippen LogP contribution in [0, 0.1) is 0 Å². The molecular weight excluding hydrogens is 360 g/mol. The summed E-state index contributed by atoms with van der Waals surface area (Å²) < 4.78 is 11.9. The van der Waals surface area contributed by atoms with E-state index in [9.17, 15) is 9.59 Å². The van der Waals surface area contributed by atoms with Gasteiger partial charge in [0.25, 0.3) is 11.8 Å². The number of hydrogen-bond donors (Lipinski definition) is 2. The fourth-order valence-electron chi connectivity index (χ4n) is 2.75. The predicted molar refractivity (Wildman–Crippen MR) is 104 cm³/mol. The van der Waals surface area contributed by atoms with Gasteiger partial charge in [-0.25, -0.2) is 4.98 Å². The molecule has 0 unspecified atom stereocenters. The van der Waals surface area contributed by atoms with Crippen LogP contribution < -0.4 is 20.5 Å². The van der Waals surface area contributed by atoms with E-state index in [2.05, 4.69) is 10.3 Å². The predicted octanol–water partition coefficient (Wildman–Crippen LogP) is 2.30. The van der Waals surface area contributed by atoms with Crippen LogP contribution in [0.4, 0.5) is 5.82 Å². The van der Waals surface area contributed by atoms with Crippen molar-refractivity contribution in [3.05, 3.63) is 71.7 Å². The maximum absolute atomic E-state index is 12.7. The number of ether oxygens (including phenoxy) is 2. The Balaban J connectivity index is 1.88. The smallest absolute Gasteiger partial charge is 0.269 e. The second-order valence-electron chi connectivity index (χ2n) is 5.97. The van der Waals surface area contributed by atoms with Gasteiger partial charge in [-0.05, 0) is 17.7 Å². The first-order valence-electron chi connectivity index (χ1n) is 8.45. The van der Waals surface area contributed by atoms with Crippen LogP contribution >= 0.6 is 0 Å². The van der Waals surface area contributed by atoms with Gasteiger partial charge in [-0.3, -0.25) is 9.59 Å². The lowest BCUT2D eigenvalue weighted by molar-refractivity contribution is 0.0993. The second kappa shape index (κ2) is 8.26. The van der Waals surface area contributed by atoms with Crippen molar-refractivity contribution in [1.82, 2.24) is 9.55 Å². The van der Waals surface area contributed by atoms with E-state index in [0.717, 1.165) is 5.56 Å². The quantitative estimate of drug-likeness (QED) is 0.654. The summed E-state index contributed by atoms with van der Waals surface area (Å²) in [5, 5.41) is 2.63. The SMILES string of the molecule is COc1cc(OC)cc(C(=O)Nc2ncn(Cc3ccccc3)c2C(N)=O)c1. The number of rotatable bonds is 7. The number of aromatic nitrogens is 2. The van der Waals surface area contributed by atoms with Gasteiger partial charge in [0.15, 0.2) is 11.5 Å². The summed E-state index contributed by atoms with van der Waals surface area (Å²) in [5.74, 6) is -0.129. The number of nitrogens with zero attached hydrogens (tertiary/aromatic N) is 2. The molecule has 2 amide bonds. The monoisotopic (exact) mass is 380 g/mol. The maximum atomic E-state index is 12.7. The molecule has 28 heavy (non-hydrogen) atoms. The van der Waals surface area contributed by atoms with E-state index in [0.29, 0.717) is 23.6 Å². The van der Waals surface area contributed by atoms with Crippen molar-refractivity contribution in [2.75, 3.05) is 19.5 Å². The molecule has 3 aromatic rings. The normalized spacial score (nSPS) is 10.4. The molecule has 3 N–H and O–H groups in total. The molecule has 1 heterocycles. The molecule has 0 atom stereocenters. The third-order valence-electron chi connectivity index (χ3n) is 4.11. The van der Waals surface area contributed by atoms with Gasteiger partial charge in [0.05, 0.1) is 20.5 Å². The lowest BCUT2D eigenvalue weighted by Gasteiger charge is -2.10. The Kier molecular flexibility index (Phi) is 5.59. The summed E-state index contributed by atoms with van der Waals surface area (Å²) in [6, 6.07) is 14.3. The molecule has 0 fully saturated rings. The number of benzene rings is 2. The minimum absolute atomic E-state index is 0.0928. The van der Waals surface area contributed by atoms with E-state index in [4.69, 9.17) is 15.2 Å². The number of amides is 2. The zero-order valence-electron chi connectivity index (χ0n) is 15.5. The Hall–Kier alpha value is -3.81. The average molecular weight is 380 g/mol. The van der Waals surface area contributed by atoms with Gasteiger partial charge in [-0.2, -0.15) is 0 Å². The van der Waals surface area contributed by atoms with Crippen molar-refractivity contribution in [2.24, 2.45) is 5.73 Å². The summed E-state index contributed by atoms with van der Waals surface area (Å²) in [4.78, 5) is 28.8. The maximum Gasteiger partial charge on any atom is 0.269 e. The fourth-order valence-corrected chi connectivity index (χ4v) is 2.75. The number of carbonyl (C=O) groups is 2. The Bertz CT molecular complexity index is 976. The van der Waals surface area contributed by atoms with Crippen LogP contribution in [-0.2, 0) is 6.54 Å². The number of nitrogens with two attached hydrogens (primary N) is 1. The van der Waals surface area contributed by atoms with Crippen LogP contribution in [0.3, 0.4) is 0 Å². The van der Waals surface area contributed by atoms with Crippen LogP contribution in [0.15, 0.2) is 54.9 Å². The zero-order chi connectivity index (χ0) is 20.1. The van der Waals surface area contributed by atoms with Crippen molar-refractivity contribution in [3.8, 4) is 11.5 Å². The number of methoxy groups -OCH3 is 2. The third kappa shape index (κ3) is 4.12. The molecule has 0 saturated heterocycles. The Labute approximate surface area is 161 Å². The molecule has 1 aromatic heterocycles. The van der Waals surface area contributed by atoms with E-state index in [1.807, 2.05) is 30.3 Å². The van der Waals surface area contributed by atoms with E-state index < -0.39 is 11.8 Å². The Morgan fingerprint density at radius 3 is 2.29 bits per heavy atom. The molecule has 0 aliphatic carbocycles. The average Bonchev–Trinajstić information content (AvgIpc) is 3.10. The zero-order valence-corrected chi connectivity index (χ0v) is 15.5. The number of carbonyl (C=O) groups excluding carboxylic acids is 2. The molecule has 0 bridgehead atoms. The summed E-state index contributed by atoms with van der Waals surface area (Å²) >= 11 is 0. The van der Waals surface area contributed by atoms with Gasteiger partial charge in [0, 0.05) is 18.2 Å². The van der Waals surface area contributed by atoms with Crippen LogP contribution in [0.1, 0.15) is 26.4 Å². The molecule has 8 heteroatoms. The molecule has 0 spiro atoms. The second-order valence-corrected chi connectivity index (χ2v) is 5.97. The number of primary amides is 1. The molecule has 0 aliphatic heterocycles. The molecule has 144 valence electrons. The highest BCUT2D eigenvalue weighted by atomic mass is 16.5. The molecule has 3 rings (SSSR count). The molecular formula is C20H20N4O4. The van der Waals surface area contributed by atoms with Crippen molar-refractivity contribution in [3.63, 3.8) is 0 Å². The topological polar surface area (TPSA) is 108 Å². The molecule has 8 nitrogen and oxygen atoms in total. The molecule has 0 radical (unpaired) electrons. The van der Waals surface area contributed by atoms with Crippen molar-refractivity contribution in [2.45, 2.75) is 6.54 Å². The number of hydrogen-bond acceptors (Lipinski definition) is 5. The minimum atomic E-state index is -0.688.